The molecule has 0 spiro atoms. The Morgan fingerprint density at radius 2 is 1.79 bits per heavy atom. The zero-order valence-electron chi connectivity index (χ0n) is 11.9. The van der Waals surface area contributed by atoms with Crippen molar-refractivity contribution >= 4 is 11.3 Å². The molecule has 0 aliphatic heterocycles. The Kier molecular flexibility index (Phi) is 4.25. The maximum absolute atomic E-state index is 12.5. The summed E-state index contributed by atoms with van der Waals surface area (Å²) in [5.41, 5.74) is -4.48. The van der Waals surface area contributed by atoms with Crippen molar-refractivity contribution in [3.63, 3.8) is 0 Å². The average molecular weight is 356 g/mol. The van der Waals surface area contributed by atoms with Crippen molar-refractivity contribution in [3.8, 4) is 5.75 Å². The second-order valence-corrected chi connectivity index (χ2v) is 4.95. The van der Waals surface area contributed by atoms with Crippen LogP contribution >= 0.6 is 0 Å². The summed E-state index contributed by atoms with van der Waals surface area (Å²) in [7, 11) is 0. The number of pyridine rings is 1. The molecule has 0 aliphatic carbocycles. The van der Waals surface area contributed by atoms with Gasteiger partial charge in [-0.15, -0.1) is 0 Å². The molecule has 0 fully saturated rings. The van der Waals surface area contributed by atoms with Crippen LogP contribution in [0.5, 0.6) is 5.75 Å². The van der Waals surface area contributed by atoms with E-state index >= 15 is 0 Å². The van der Waals surface area contributed by atoms with E-state index in [1.807, 2.05) is 0 Å². The number of halogens is 6. The number of rotatable bonds is 4. The molecule has 2 aromatic heterocycles. The maximum atomic E-state index is 12.5. The molecule has 11 heteroatoms. The van der Waals surface area contributed by atoms with Crippen molar-refractivity contribution in [1.82, 2.24) is 9.61 Å². The minimum absolute atomic E-state index is 0.226. The molecule has 0 bridgehead atoms. The van der Waals surface area contributed by atoms with Gasteiger partial charge in [0.1, 0.15) is 12.4 Å². The lowest BCUT2D eigenvalue weighted by Crippen LogP contribution is -2.60. The van der Waals surface area contributed by atoms with Crippen LogP contribution in [0.15, 0.2) is 24.5 Å². The number of aromatic nitrogens is 2. The van der Waals surface area contributed by atoms with E-state index in [2.05, 4.69) is 9.84 Å². The van der Waals surface area contributed by atoms with Gasteiger partial charge in [-0.2, -0.15) is 31.4 Å². The molecule has 1 N–H and O–H groups in total. The van der Waals surface area contributed by atoms with Gasteiger partial charge in [0.25, 0.3) is 5.60 Å². The van der Waals surface area contributed by atoms with E-state index in [0.717, 1.165) is 16.8 Å². The van der Waals surface area contributed by atoms with Gasteiger partial charge in [-0.1, -0.05) is 0 Å². The first-order valence-corrected chi connectivity index (χ1v) is 6.34. The first-order chi connectivity index (χ1) is 10.9. The normalized spacial score (nSPS) is 13.3. The van der Waals surface area contributed by atoms with E-state index in [4.69, 9.17) is 5.11 Å². The van der Waals surface area contributed by atoms with Crippen molar-refractivity contribution < 1.29 is 41.0 Å². The highest BCUT2D eigenvalue weighted by Crippen LogP contribution is 2.43. The van der Waals surface area contributed by atoms with E-state index in [1.165, 1.54) is 19.2 Å². The number of ether oxygens (including phenoxy) is 1. The molecule has 2 heterocycles. The van der Waals surface area contributed by atoms with Crippen LogP contribution in [0.2, 0.25) is 0 Å². The molecule has 24 heavy (non-hydrogen) atoms. The molecule has 2 aromatic rings. The molecule has 132 valence electrons. The van der Waals surface area contributed by atoms with Crippen molar-refractivity contribution in [3.05, 3.63) is 30.1 Å². The fourth-order valence-electron chi connectivity index (χ4n) is 1.83. The van der Waals surface area contributed by atoms with Gasteiger partial charge in [0.15, 0.2) is 5.78 Å². The fourth-order valence-corrected chi connectivity index (χ4v) is 1.83. The van der Waals surface area contributed by atoms with Crippen molar-refractivity contribution in [2.75, 3.05) is 6.61 Å². The van der Waals surface area contributed by atoms with Gasteiger partial charge in [-0.3, -0.25) is 4.79 Å². The molecule has 0 saturated carbocycles. The summed E-state index contributed by atoms with van der Waals surface area (Å²) in [5.74, 6) is -0.713. The Bertz CT molecular complexity index is 751. The number of carbonyl (C=O) groups excluding carboxylic acids is 1. The van der Waals surface area contributed by atoms with E-state index < -0.39 is 30.3 Å². The Balaban J connectivity index is 2.28. The van der Waals surface area contributed by atoms with Gasteiger partial charge < -0.3 is 9.84 Å². The van der Waals surface area contributed by atoms with E-state index in [0.29, 0.717) is 5.52 Å². The Morgan fingerprint density at radius 1 is 1.21 bits per heavy atom. The first kappa shape index (κ1) is 18.0. The lowest BCUT2D eigenvalue weighted by molar-refractivity contribution is -0.373. The van der Waals surface area contributed by atoms with Crippen molar-refractivity contribution in [1.29, 1.82) is 0 Å². The smallest absolute Gasteiger partial charge is 0.429 e. The number of Topliss-reactive ketones (excluding diaryl/α,β-unsaturated/α-hetero) is 1. The SMILES string of the molecule is CC(=O)c1cnn2cc(OCC(O)(C(F)(F)F)C(F)(F)F)ccc12. The van der Waals surface area contributed by atoms with Crippen LogP contribution in [0.25, 0.3) is 5.52 Å². The zero-order chi connectivity index (χ0) is 18.3. The number of hydrogen-bond donors (Lipinski definition) is 1. The summed E-state index contributed by atoms with van der Waals surface area (Å²) in [6.45, 7) is -0.805. The highest BCUT2D eigenvalue weighted by molar-refractivity contribution is 6.00. The van der Waals surface area contributed by atoms with Crippen LogP contribution in [-0.4, -0.2) is 45.1 Å². The molecule has 0 aromatic carbocycles. The van der Waals surface area contributed by atoms with Crippen LogP contribution in [0, 0.1) is 0 Å². The maximum Gasteiger partial charge on any atom is 0.429 e. The summed E-state index contributed by atoms with van der Waals surface area (Å²) in [4.78, 5) is 11.3. The molecule has 0 radical (unpaired) electrons. The third kappa shape index (κ3) is 3.03. The van der Waals surface area contributed by atoms with Crippen molar-refractivity contribution in [2.24, 2.45) is 0 Å². The molecule has 0 amide bonds. The number of nitrogens with zero attached hydrogens (tertiary/aromatic N) is 2. The van der Waals surface area contributed by atoms with Gasteiger partial charge in [0, 0.05) is 0 Å². The fraction of sp³-hybridized carbons (Fsp3) is 0.385. The molecular formula is C13H10F6N2O3. The zero-order valence-corrected chi connectivity index (χ0v) is 11.9. The summed E-state index contributed by atoms with van der Waals surface area (Å²) in [6.07, 6.45) is -9.75. The number of fused-ring (bicyclic) bond motifs is 1. The van der Waals surface area contributed by atoms with Crippen molar-refractivity contribution in [2.45, 2.75) is 24.9 Å². The van der Waals surface area contributed by atoms with Gasteiger partial charge in [0.2, 0.25) is 0 Å². The highest BCUT2D eigenvalue weighted by Gasteiger charge is 2.71. The van der Waals surface area contributed by atoms with Crippen LogP contribution in [0.3, 0.4) is 0 Å². The third-order valence-corrected chi connectivity index (χ3v) is 3.25. The molecule has 0 saturated heterocycles. The molecule has 0 aliphatic rings. The number of alkyl halides is 6. The van der Waals surface area contributed by atoms with Crippen LogP contribution in [0.1, 0.15) is 17.3 Å². The number of carbonyl (C=O) groups is 1. The molecule has 5 nitrogen and oxygen atoms in total. The van der Waals surface area contributed by atoms with Gasteiger partial charge in [0.05, 0.1) is 23.5 Å². The van der Waals surface area contributed by atoms with Crippen LogP contribution in [0.4, 0.5) is 26.3 Å². The largest absolute Gasteiger partial charge is 0.488 e. The highest BCUT2D eigenvalue weighted by atomic mass is 19.4. The van der Waals surface area contributed by atoms with Gasteiger partial charge >= 0.3 is 12.4 Å². The second kappa shape index (κ2) is 5.65. The summed E-state index contributed by atoms with van der Waals surface area (Å²) >= 11 is 0. The monoisotopic (exact) mass is 356 g/mol. The van der Waals surface area contributed by atoms with Crippen LogP contribution < -0.4 is 4.74 Å². The Morgan fingerprint density at radius 3 is 2.29 bits per heavy atom. The number of hydrogen-bond acceptors (Lipinski definition) is 4. The summed E-state index contributed by atoms with van der Waals surface area (Å²) in [6, 6.07) is 2.32. The van der Waals surface area contributed by atoms with E-state index in [1.54, 1.807) is 0 Å². The summed E-state index contributed by atoms with van der Waals surface area (Å²) in [5, 5.41) is 12.7. The van der Waals surface area contributed by atoms with Crippen LogP contribution in [-0.2, 0) is 0 Å². The number of aliphatic hydroxyl groups is 1. The van der Waals surface area contributed by atoms with E-state index in [9.17, 15) is 31.1 Å². The van der Waals surface area contributed by atoms with Gasteiger partial charge in [-0.05, 0) is 19.1 Å². The Labute approximate surface area is 130 Å². The minimum atomic E-state index is -5.97. The molecule has 0 unspecified atom stereocenters. The van der Waals surface area contributed by atoms with Gasteiger partial charge in [-0.25, -0.2) is 4.52 Å². The lowest BCUT2D eigenvalue weighted by Gasteiger charge is -2.31. The lowest BCUT2D eigenvalue weighted by atomic mass is 10.0. The third-order valence-electron chi connectivity index (χ3n) is 3.25. The predicted octanol–water partition coefficient (Wildman–Crippen LogP) is 2.77. The Hall–Kier alpha value is -2.30. The predicted molar refractivity (Wildman–Crippen MR) is 67.8 cm³/mol. The second-order valence-electron chi connectivity index (χ2n) is 4.95. The standard InChI is InChI=1S/C13H10F6N2O3/c1-7(22)9-4-20-21-5-8(2-3-10(9)21)24-6-11(23,12(14,15)16)13(17,18)19/h2-5,23H,6H2,1H3. The quantitative estimate of drug-likeness (QED) is 0.676. The average Bonchev–Trinajstić information content (AvgIpc) is 2.85. The molecule has 0 atom stereocenters. The first-order valence-electron chi connectivity index (χ1n) is 6.34. The molecule has 2 rings (SSSR count). The number of ketones is 1. The summed E-state index contributed by atoms with van der Waals surface area (Å²) < 4.78 is 80.8. The topological polar surface area (TPSA) is 63.8 Å². The van der Waals surface area contributed by atoms with E-state index in [-0.39, 0.29) is 11.3 Å². The minimum Gasteiger partial charge on any atom is -0.488 e. The molecular weight excluding hydrogens is 346 g/mol.